The van der Waals surface area contributed by atoms with Gasteiger partial charge in [0.25, 0.3) is 0 Å². The van der Waals surface area contributed by atoms with Crippen LogP contribution >= 0.6 is 0 Å². The van der Waals surface area contributed by atoms with Crippen molar-refractivity contribution in [3.63, 3.8) is 0 Å². The zero-order valence-corrected chi connectivity index (χ0v) is 14.0. The van der Waals surface area contributed by atoms with E-state index in [1.807, 2.05) is 0 Å². The number of aldehydes is 1. The molecule has 0 aromatic heterocycles. The molecule has 1 heterocycles. The quantitative estimate of drug-likeness (QED) is 0.573. The fourth-order valence-corrected chi connectivity index (χ4v) is 4.09. The van der Waals surface area contributed by atoms with E-state index in [2.05, 4.69) is 0 Å². The van der Waals surface area contributed by atoms with E-state index in [0.29, 0.717) is 43.7 Å². The standard InChI is InChI=1S/C17H27NO5/c1-3-23-16(20)15-10-14-9-12(5-4-8-19)6-7-13(14)11-18(15)17(21)22-2/h8,12-15H,3-7,9-11H2,1-2H3. The van der Waals surface area contributed by atoms with Crippen molar-refractivity contribution in [2.75, 3.05) is 20.3 Å². The monoisotopic (exact) mass is 325 g/mol. The van der Waals surface area contributed by atoms with Gasteiger partial charge in [-0.3, -0.25) is 4.90 Å². The summed E-state index contributed by atoms with van der Waals surface area (Å²) in [5, 5.41) is 0. The van der Waals surface area contributed by atoms with Crippen LogP contribution in [0.25, 0.3) is 0 Å². The number of fused-ring (bicyclic) bond motifs is 1. The highest BCUT2D eigenvalue weighted by Crippen LogP contribution is 2.42. The molecule has 2 fully saturated rings. The Balaban J connectivity index is 2.06. The Morgan fingerprint density at radius 3 is 2.65 bits per heavy atom. The third-order valence-electron chi connectivity index (χ3n) is 5.24. The zero-order chi connectivity index (χ0) is 16.8. The van der Waals surface area contributed by atoms with Crippen LogP contribution in [0.2, 0.25) is 0 Å². The Morgan fingerprint density at radius 2 is 2.00 bits per heavy atom. The summed E-state index contributed by atoms with van der Waals surface area (Å²) in [4.78, 5) is 36.4. The summed E-state index contributed by atoms with van der Waals surface area (Å²) in [5.41, 5.74) is 0. The van der Waals surface area contributed by atoms with Gasteiger partial charge in [0.2, 0.25) is 0 Å². The van der Waals surface area contributed by atoms with E-state index < -0.39 is 12.1 Å². The summed E-state index contributed by atoms with van der Waals surface area (Å²) >= 11 is 0. The van der Waals surface area contributed by atoms with E-state index in [1.165, 1.54) is 12.0 Å². The van der Waals surface area contributed by atoms with Gasteiger partial charge in [0.05, 0.1) is 13.7 Å². The molecule has 0 spiro atoms. The first-order chi connectivity index (χ1) is 11.1. The van der Waals surface area contributed by atoms with Gasteiger partial charge in [-0.2, -0.15) is 0 Å². The number of nitrogens with zero attached hydrogens (tertiary/aromatic N) is 1. The normalized spacial score (nSPS) is 30.3. The van der Waals surface area contributed by atoms with Crippen LogP contribution in [0.3, 0.4) is 0 Å². The lowest BCUT2D eigenvalue weighted by Gasteiger charge is -2.46. The molecule has 1 aliphatic heterocycles. The number of carbonyl (C=O) groups excluding carboxylic acids is 3. The molecular weight excluding hydrogens is 298 g/mol. The Kier molecular flexibility index (Phi) is 6.42. The lowest BCUT2D eigenvalue weighted by molar-refractivity contribution is -0.152. The molecule has 1 aliphatic carbocycles. The first kappa shape index (κ1) is 17.8. The van der Waals surface area contributed by atoms with Crippen molar-refractivity contribution in [2.24, 2.45) is 17.8 Å². The van der Waals surface area contributed by atoms with Crippen molar-refractivity contribution in [1.29, 1.82) is 0 Å². The number of esters is 1. The molecule has 4 atom stereocenters. The number of hydrogen-bond donors (Lipinski definition) is 0. The Labute approximate surface area is 137 Å². The van der Waals surface area contributed by atoms with Gasteiger partial charge in [-0.25, -0.2) is 9.59 Å². The molecule has 23 heavy (non-hydrogen) atoms. The van der Waals surface area contributed by atoms with Gasteiger partial charge < -0.3 is 14.3 Å². The van der Waals surface area contributed by atoms with Crippen molar-refractivity contribution in [3.8, 4) is 0 Å². The molecule has 0 bridgehead atoms. The second-order valence-electron chi connectivity index (χ2n) is 6.57. The molecule has 0 aromatic rings. The van der Waals surface area contributed by atoms with Crippen LogP contribution < -0.4 is 0 Å². The van der Waals surface area contributed by atoms with Crippen molar-refractivity contribution in [1.82, 2.24) is 4.90 Å². The number of piperidine rings is 1. The second kappa shape index (κ2) is 8.31. The molecule has 2 aliphatic rings. The first-order valence-corrected chi connectivity index (χ1v) is 8.55. The average Bonchev–Trinajstić information content (AvgIpc) is 2.58. The number of methoxy groups -OCH3 is 1. The summed E-state index contributed by atoms with van der Waals surface area (Å²) in [6.07, 6.45) is 5.86. The summed E-state index contributed by atoms with van der Waals surface area (Å²) < 4.78 is 9.99. The van der Waals surface area contributed by atoms with E-state index in [1.54, 1.807) is 6.92 Å². The van der Waals surface area contributed by atoms with Crippen molar-refractivity contribution < 1.29 is 23.9 Å². The van der Waals surface area contributed by atoms with E-state index in [9.17, 15) is 14.4 Å². The molecule has 0 N–H and O–H groups in total. The molecule has 1 saturated carbocycles. The van der Waals surface area contributed by atoms with Crippen LogP contribution in [0.1, 0.15) is 45.4 Å². The summed E-state index contributed by atoms with van der Waals surface area (Å²) in [5.74, 6) is 1.03. The van der Waals surface area contributed by atoms with Gasteiger partial charge >= 0.3 is 12.1 Å². The Bertz CT molecular complexity index is 439. The second-order valence-corrected chi connectivity index (χ2v) is 6.57. The number of hydrogen-bond acceptors (Lipinski definition) is 5. The molecule has 130 valence electrons. The number of rotatable bonds is 5. The molecule has 6 heteroatoms. The Hall–Kier alpha value is -1.59. The highest BCUT2D eigenvalue weighted by molar-refractivity contribution is 5.81. The fourth-order valence-electron chi connectivity index (χ4n) is 4.09. The minimum atomic E-state index is -0.548. The van der Waals surface area contributed by atoms with Crippen molar-refractivity contribution in [3.05, 3.63) is 0 Å². The van der Waals surface area contributed by atoms with E-state index in [-0.39, 0.29) is 5.97 Å². The third-order valence-corrected chi connectivity index (χ3v) is 5.24. The number of ether oxygens (including phenoxy) is 2. The maximum absolute atomic E-state index is 12.2. The molecule has 4 unspecified atom stereocenters. The van der Waals surface area contributed by atoms with Crippen molar-refractivity contribution in [2.45, 2.75) is 51.5 Å². The maximum Gasteiger partial charge on any atom is 0.410 e. The zero-order valence-electron chi connectivity index (χ0n) is 14.0. The van der Waals surface area contributed by atoms with Gasteiger partial charge in [-0.15, -0.1) is 0 Å². The van der Waals surface area contributed by atoms with E-state index in [0.717, 1.165) is 32.0 Å². The van der Waals surface area contributed by atoms with Gasteiger partial charge in [0.1, 0.15) is 12.3 Å². The van der Waals surface area contributed by atoms with Gasteiger partial charge in [0, 0.05) is 13.0 Å². The highest BCUT2D eigenvalue weighted by atomic mass is 16.6. The lowest BCUT2D eigenvalue weighted by Crippen LogP contribution is -2.55. The highest BCUT2D eigenvalue weighted by Gasteiger charge is 2.44. The van der Waals surface area contributed by atoms with Crippen LogP contribution in [0.4, 0.5) is 4.79 Å². The lowest BCUT2D eigenvalue weighted by atomic mass is 9.68. The number of carbonyl (C=O) groups is 3. The maximum atomic E-state index is 12.2. The predicted octanol–water partition coefficient (Wildman–Crippen LogP) is 2.40. The molecule has 6 nitrogen and oxygen atoms in total. The van der Waals surface area contributed by atoms with Gasteiger partial charge in [-0.1, -0.05) is 6.42 Å². The van der Waals surface area contributed by atoms with Crippen LogP contribution in [0.15, 0.2) is 0 Å². The van der Waals surface area contributed by atoms with E-state index in [4.69, 9.17) is 9.47 Å². The molecular formula is C17H27NO5. The number of amides is 1. The van der Waals surface area contributed by atoms with Crippen LogP contribution in [-0.4, -0.2) is 49.6 Å². The van der Waals surface area contributed by atoms with Crippen LogP contribution in [0.5, 0.6) is 0 Å². The Morgan fingerprint density at radius 1 is 1.22 bits per heavy atom. The molecule has 0 radical (unpaired) electrons. The first-order valence-electron chi connectivity index (χ1n) is 8.55. The van der Waals surface area contributed by atoms with Crippen LogP contribution in [0, 0.1) is 17.8 Å². The van der Waals surface area contributed by atoms with Crippen LogP contribution in [-0.2, 0) is 19.1 Å². The van der Waals surface area contributed by atoms with Gasteiger partial charge in [-0.05, 0) is 50.4 Å². The SMILES string of the molecule is CCOC(=O)C1CC2CC(CCC=O)CCC2CN1C(=O)OC. The smallest absolute Gasteiger partial charge is 0.410 e. The molecule has 1 amide bonds. The summed E-state index contributed by atoms with van der Waals surface area (Å²) in [7, 11) is 1.34. The summed E-state index contributed by atoms with van der Waals surface area (Å²) in [6.45, 7) is 2.63. The van der Waals surface area contributed by atoms with E-state index >= 15 is 0 Å². The third kappa shape index (κ3) is 4.24. The van der Waals surface area contributed by atoms with Crippen molar-refractivity contribution >= 4 is 18.3 Å². The molecule has 0 aromatic carbocycles. The molecule has 2 rings (SSSR count). The topological polar surface area (TPSA) is 72.9 Å². The average molecular weight is 325 g/mol. The minimum Gasteiger partial charge on any atom is -0.464 e. The predicted molar refractivity (Wildman–Crippen MR) is 83.8 cm³/mol. The van der Waals surface area contributed by atoms with Gasteiger partial charge in [0.15, 0.2) is 0 Å². The fraction of sp³-hybridized carbons (Fsp3) is 0.824. The molecule has 1 saturated heterocycles. The number of likely N-dealkylation sites (tertiary alicyclic amines) is 1. The minimum absolute atomic E-state index is 0.306. The largest absolute Gasteiger partial charge is 0.464 e. The summed E-state index contributed by atoms with van der Waals surface area (Å²) in [6, 6.07) is -0.548.